The lowest BCUT2D eigenvalue weighted by molar-refractivity contribution is 0.210. The first-order chi connectivity index (χ1) is 6.22. The van der Waals surface area contributed by atoms with Gasteiger partial charge in [-0.3, -0.25) is 5.32 Å². The second-order valence-corrected chi connectivity index (χ2v) is 2.17. The molecule has 0 aliphatic heterocycles. The van der Waals surface area contributed by atoms with Crippen molar-refractivity contribution in [3.8, 4) is 0 Å². The van der Waals surface area contributed by atoms with Gasteiger partial charge in [0.25, 0.3) is 0 Å². The van der Waals surface area contributed by atoms with Gasteiger partial charge in [-0.15, -0.1) is 0 Å². The normalized spacial score (nSPS) is 8.62. The molecule has 13 heavy (non-hydrogen) atoms. The molecule has 66 valence electrons. The van der Waals surface area contributed by atoms with Crippen LogP contribution in [0, 0.1) is 0 Å². The Bertz CT molecular complexity index is 353. The summed E-state index contributed by atoms with van der Waals surface area (Å²) in [5, 5.41) is 13.8. The van der Waals surface area contributed by atoms with Crippen LogP contribution in [-0.2, 0) is 0 Å². The van der Waals surface area contributed by atoms with Crippen LogP contribution in [0.1, 0.15) is 0 Å². The van der Waals surface area contributed by atoms with E-state index in [9.17, 15) is 4.79 Å². The molecule has 0 aromatic heterocycles. The highest BCUT2D eigenvalue weighted by molar-refractivity contribution is 5.82. The zero-order chi connectivity index (χ0) is 9.68. The highest BCUT2D eigenvalue weighted by Gasteiger charge is 1.96. The molecule has 0 radical (unpaired) electrons. The lowest BCUT2D eigenvalue weighted by atomic mass is 10.3. The second-order valence-electron chi connectivity index (χ2n) is 2.17. The zero-order valence-electron chi connectivity index (χ0n) is 6.51. The van der Waals surface area contributed by atoms with Crippen molar-refractivity contribution in [3.05, 3.63) is 34.7 Å². The van der Waals surface area contributed by atoms with Crippen LogP contribution in [0.25, 0.3) is 10.4 Å². The van der Waals surface area contributed by atoms with Crippen LogP contribution in [0.15, 0.2) is 29.4 Å². The summed E-state index contributed by atoms with van der Waals surface area (Å²) in [6.07, 6.45) is -1.13. The number of carbonyl (C=O) groups is 1. The third-order valence-electron chi connectivity index (χ3n) is 1.28. The monoisotopic (exact) mass is 178 g/mol. The molecule has 0 aliphatic rings. The molecular formula is C7H6N4O2. The third kappa shape index (κ3) is 2.72. The smallest absolute Gasteiger partial charge is 0.409 e. The Morgan fingerprint density at radius 1 is 1.46 bits per heavy atom. The van der Waals surface area contributed by atoms with Gasteiger partial charge < -0.3 is 5.11 Å². The van der Waals surface area contributed by atoms with Gasteiger partial charge >= 0.3 is 6.09 Å². The van der Waals surface area contributed by atoms with Gasteiger partial charge in [-0.1, -0.05) is 17.2 Å². The number of rotatable bonds is 2. The Hall–Kier alpha value is -2.20. The number of hydrogen-bond acceptors (Lipinski definition) is 2. The molecule has 1 amide bonds. The van der Waals surface area contributed by atoms with Gasteiger partial charge in [-0.05, 0) is 17.7 Å². The minimum Gasteiger partial charge on any atom is -0.465 e. The molecule has 0 aliphatic carbocycles. The van der Waals surface area contributed by atoms with Crippen molar-refractivity contribution in [1.82, 2.24) is 0 Å². The van der Waals surface area contributed by atoms with Gasteiger partial charge in [-0.2, -0.15) is 0 Å². The Labute approximate surface area is 73.4 Å². The van der Waals surface area contributed by atoms with Crippen LogP contribution in [0.3, 0.4) is 0 Å². The molecule has 0 bridgehead atoms. The number of benzene rings is 1. The van der Waals surface area contributed by atoms with Gasteiger partial charge in [0.1, 0.15) is 0 Å². The highest BCUT2D eigenvalue weighted by atomic mass is 16.4. The zero-order valence-corrected chi connectivity index (χ0v) is 6.51. The van der Waals surface area contributed by atoms with Crippen molar-refractivity contribution < 1.29 is 9.90 Å². The maximum Gasteiger partial charge on any atom is 0.409 e. The first kappa shape index (κ1) is 8.89. The molecule has 0 atom stereocenters. The van der Waals surface area contributed by atoms with E-state index in [2.05, 4.69) is 15.3 Å². The molecule has 1 rings (SSSR count). The van der Waals surface area contributed by atoms with Crippen molar-refractivity contribution in [3.63, 3.8) is 0 Å². The maximum atomic E-state index is 10.2. The Morgan fingerprint density at radius 3 is 2.54 bits per heavy atom. The van der Waals surface area contributed by atoms with Crippen LogP contribution in [-0.4, -0.2) is 11.2 Å². The van der Waals surface area contributed by atoms with E-state index in [0.29, 0.717) is 11.4 Å². The quantitative estimate of drug-likeness (QED) is 0.413. The topological polar surface area (TPSA) is 98.1 Å². The van der Waals surface area contributed by atoms with Crippen molar-refractivity contribution >= 4 is 17.5 Å². The number of carboxylic acid groups (broad SMARTS) is 1. The molecule has 0 spiro atoms. The molecule has 0 unspecified atom stereocenters. The van der Waals surface area contributed by atoms with Gasteiger partial charge in [0.15, 0.2) is 0 Å². The van der Waals surface area contributed by atoms with Crippen LogP contribution in [0.2, 0.25) is 0 Å². The molecule has 1 aromatic rings. The van der Waals surface area contributed by atoms with Crippen LogP contribution in [0.4, 0.5) is 16.2 Å². The lowest BCUT2D eigenvalue weighted by Crippen LogP contribution is -2.06. The van der Waals surface area contributed by atoms with E-state index < -0.39 is 6.09 Å². The van der Waals surface area contributed by atoms with E-state index >= 15 is 0 Å². The van der Waals surface area contributed by atoms with Crippen molar-refractivity contribution in [2.75, 3.05) is 5.32 Å². The highest BCUT2D eigenvalue weighted by Crippen LogP contribution is 2.15. The molecule has 6 heteroatoms. The number of amides is 1. The number of azide groups is 1. The van der Waals surface area contributed by atoms with Crippen LogP contribution >= 0.6 is 0 Å². The molecule has 2 N–H and O–H groups in total. The molecular weight excluding hydrogens is 172 g/mol. The summed E-state index contributed by atoms with van der Waals surface area (Å²) in [4.78, 5) is 12.8. The predicted octanol–water partition coefficient (Wildman–Crippen LogP) is 2.72. The molecule has 6 nitrogen and oxygen atoms in total. The molecule has 1 aromatic carbocycles. The SMILES string of the molecule is [N-]=[N+]=Nc1ccc(NC(=O)O)cc1. The van der Waals surface area contributed by atoms with Gasteiger partial charge in [0, 0.05) is 16.3 Å². The first-order valence-corrected chi connectivity index (χ1v) is 3.37. The summed E-state index contributed by atoms with van der Waals surface area (Å²) < 4.78 is 0. The summed E-state index contributed by atoms with van der Waals surface area (Å²) in [7, 11) is 0. The summed E-state index contributed by atoms with van der Waals surface area (Å²) in [6.45, 7) is 0. The van der Waals surface area contributed by atoms with Crippen LogP contribution < -0.4 is 5.32 Å². The standard InChI is InChI=1S/C7H6N4O2/c8-11-10-6-3-1-5(2-4-6)9-7(12)13/h1-4,9H,(H,12,13). The number of anilines is 1. The fourth-order valence-electron chi connectivity index (χ4n) is 0.787. The fraction of sp³-hybridized carbons (Fsp3) is 0. The van der Waals surface area contributed by atoms with Crippen LogP contribution in [0.5, 0.6) is 0 Å². The number of hydrogen-bond donors (Lipinski definition) is 2. The summed E-state index contributed by atoms with van der Waals surface area (Å²) >= 11 is 0. The first-order valence-electron chi connectivity index (χ1n) is 3.37. The van der Waals surface area contributed by atoms with E-state index in [1.807, 2.05) is 0 Å². The van der Waals surface area contributed by atoms with E-state index in [0.717, 1.165) is 0 Å². The van der Waals surface area contributed by atoms with Gasteiger partial charge in [0.05, 0.1) is 0 Å². The lowest BCUT2D eigenvalue weighted by Gasteiger charge is -1.99. The minimum atomic E-state index is -1.13. The average Bonchev–Trinajstić information content (AvgIpc) is 2.08. The predicted molar refractivity (Wildman–Crippen MR) is 46.9 cm³/mol. The second kappa shape index (κ2) is 3.99. The summed E-state index contributed by atoms with van der Waals surface area (Å²) in [5.41, 5.74) is 8.96. The largest absolute Gasteiger partial charge is 0.465 e. The summed E-state index contributed by atoms with van der Waals surface area (Å²) in [5.74, 6) is 0. The number of nitrogens with zero attached hydrogens (tertiary/aromatic N) is 3. The maximum absolute atomic E-state index is 10.2. The third-order valence-corrected chi connectivity index (χ3v) is 1.28. The summed E-state index contributed by atoms with van der Waals surface area (Å²) in [6, 6.07) is 6.06. The fourth-order valence-corrected chi connectivity index (χ4v) is 0.787. The van der Waals surface area contributed by atoms with Crippen molar-refractivity contribution in [1.29, 1.82) is 0 Å². The minimum absolute atomic E-state index is 0.435. The molecule has 0 fully saturated rings. The van der Waals surface area contributed by atoms with E-state index in [-0.39, 0.29) is 0 Å². The van der Waals surface area contributed by atoms with Crippen molar-refractivity contribution in [2.24, 2.45) is 5.11 Å². The molecule has 0 saturated carbocycles. The van der Waals surface area contributed by atoms with E-state index in [1.165, 1.54) is 24.3 Å². The van der Waals surface area contributed by atoms with Gasteiger partial charge in [0.2, 0.25) is 0 Å². The Morgan fingerprint density at radius 2 is 2.08 bits per heavy atom. The van der Waals surface area contributed by atoms with E-state index in [4.69, 9.17) is 10.6 Å². The Balaban J connectivity index is 2.80. The van der Waals surface area contributed by atoms with Gasteiger partial charge in [-0.25, -0.2) is 4.79 Å². The molecule has 0 heterocycles. The van der Waals surface area contributed by atoms with E-state index in [1.54, 1.807) is 0 Å². The Kier molecular flexibility index (Phi) is 2.73. The number of nitrogens with one attached hydrogen (secondary N) is 1. The average molecular weight is 178 g/mol. The molecule has 0 saturated heterocycles. The van der Waals surface area contributed by atoms with Crippen molar-refractivity contribution in [2.45, 2.75) is 0 Å².